The van der Waals surface area contributed by atoms with Gasteiger partial charge in [0.1, 0.15) is 0 Å². The van der Waals surface area contributed by atoms with Crippen molar-refractivity contribution in [3.63, 3.8) is 0 Å². The van der Waals surface area contributed by atoms with Crippen molar-refractivity contribution in [3.05, 3.63) is 57.2 Å². The number of aryl methyl sites for hydroxylation is 1. The molecular weight excluding hydrogens is 302 g/mol. The van der Waals surface area contributed by atoms with Gasteiger partial charge in [-0.3, -0.25) is 4.79 Å². The molecular formula is C17H18ClNOS. The first-order valence-electron chi connectivity index (χ1n) is 7.27. The highest BCUT2D eigenvalue weighted by atomic mass is 35.5. The van der Waals surface area contributed by atoms with E-state index in [1.807, 2.05) is 29.2 Å². The van der Waals surface area contributed by atoms with Crippen LogP contribution in [0.4, 0.5) is 0 Å². The van der Waals surface area contributed by atoms with Gasteiger partial charge in [-0.2, -0.15) is 11.3 Å². The number of halogens is 1. The minimum atomic E-state index is 0.263. The van der Waals surface area contributed by atoms with E-state index < -0.39 is 0 Å². The molecule has 2 nitrogen and oxygen atoms in total. The van der Waals surface area contributed by atoms with Gasteiger partial charge in [0.25, 0.3) is 0 Å². The van der Waals surface area contributed by atoms with Crippen LogP contribution in [0.1, 0.15) is 30.4 Å². The second-order valence-electron chi connectivity index (χ2n) is 5.51. The van der Waals surface area contributed by atoms with Crippen LogP contribution < -0.4 is 0 Å². The number of benzene rings is 1. The Labute approximate surface area is 134 Å². The molecule has 0 atom stereocenters. The van der Waals surface area contributed by atoms with Crippen molar-refractivity contribution in [3.8, 4) is 0 Å². The van der Waals surface area contributed by atoms with Crippen LogP contribution in [0.3, 0.4) is 0 Å². The molecule has 1 heterocycles. The van der Waals surface area contributed by atoms with Crippen molar-refractivity contribution in [2.45, 2.75) is 38.3 Å². The molecule has 1 aliphatic carbocycles. The molecule has 4 heteroatoms. The van der Waals surface area contributed by atoms with Crippen LogP contribution in [0.2, 0.25) is 5.02 Å². The molecule has 0 saturated heterocycles. The van der Waals surface area contributed by atoms with E-state index in [1.54, 1.807) is 11.3 Å². The normalized spacial score (nSPS) is 14.1. The lowest BCUT2D eigenvalue weighted by Crippen LogP contribution is -2.32. The van der Waals surface area contributed by atoms with Gasteiger partial charge in [-0.1, -0.05) is 23.7 Å². The van der Waals surface area contributed by atoms with Crippen molar-refractivity contribution in [2.75, 3.05) is 0 Å². The molecule has 1 fully saturated rings. The average Bonchev–Trinajstić information content (AvgIpc) is 3.19. The number of amides is 1. The summed E-state index contributed by atoms with van der Waals surface area (Å²) in [6.45, 7) is 0.699. The predicted octanol–water partition coefficient (Wildman–Crippen LogP) is 4.53. The Morgan fingerprint density at radius 1 is 1.19 bits per heavy atom. The maximum absolute atomic E-state index is 12.5. The fourth-order valence-electron chi connectivity index (χ4n) is 2.42. The average molecular weight is 320 g/mol. The summed E-state index contributed by atoms with van der Waals surface area (Å²) in [4.78, 5) is 14.5. The first-order valence-corrected chi connectivity index (χ1v) is 8.59. The van der Waals surface area contributed by atoms with Crippen LogP contribution in [0, 0.1) is 0 Å². The first kappa shape index (κ1) is 14.6. The molecule has 0 aliphatic heterocycles. The summed E-state index contributed by atoms with van der Waals surface area (Å²) in [5, 5.41) is 4.92. The second-order valence-corrected chi connectivity index (χ2v) is 6.73. The van der Waals surface area contributed by atoms with E-state index in [-0.39, 0.29) is 5.91 Å². The second kappa shape index (κ2) is 6.63. The molecule has 0 spiro atoms. The Morgan fingerprint density at radius 3 is 2.57 bits per heavy atom. The maximum atomic E-state index is 12.5. The zero-order valence-corrected chi connectivity index (χ0v) is 13.4. The van der Waals surface area contributed by atoms with Crippen molar-refractivity contribution < 1.29 is 4.79 Å². The molecule has 0 N–H and O–H groups in total. The minimum Gasteiger partial charge on any atom is -0.335 e. The maximum Gasteiger partial charge on any atom is 0.223 e. The van der Waals surface area contributed by atoms with Gasteiger partial charge in [0, 0.05) is 24.0 Å². The zero-order chi connectivity index (χ0) is 14.7. The fraction of sp³-hybridized carbons (Fsp3) is 0.353. The molecule has 1 aromatic carbocycles. The number of hydrogen-bond acceptors (Lipinski definition) is 2. The highest BCUT2D eigenvalue weighted by Crippen LogP contribution is 2.29. The first-order chi connectivity index (χ1) is 10.2. The molecule has 0 bridgehead atoms. The summed E-state index contributed by atoms with van der Waals surface area (Å²) in [5.41, 5.74) is 2.41. The SMILES string of the molecule is O=C(CCc1ccsc1)N(Cc1ccc(Cl)cc1)C1CC1. The van der Waals surface area contributed by atoms with Gasteiger partial charge >= 0.3 is 0 Å². The monoisotopic (exact) mass is 319 g/mol. The molecule has 1 amide bonds. The van der Waals surface area contributed by atoms with Crippen molar-refractivity contribution >= 4 is 28.8 Å². The third-order valence-corrected chi connectivity index (χ3v) is 4.77. The fourth-order valence-corrected chi connectivity index (χ4v) is 3.25. The Kier molecular flexibility index (Phi) is 4.61. The van der Waals surface area contributed by atoms with Gasteiger partial charge in [-0.25, -0.2) is 0 Å². The number of carbonyl (C=O) groups excluding carboxylic acids is 1. The van der Waals surface area contributed by atoms with E-state index in [4.69, 9.17) is 11.6 Å². The van der Waals surface area contributed by atoms with Crippen LogP contribution >= 0.6 is 22.9 Å². The summed E-state index contributed by atoms with van der Waals surface area (Å²) < 4.78 is 0. The Hall–Kier alpha value is -1.32. The lowest BCUT2D eigenvalue weighted by molar-refractivity contribution is -0.132. The van der Waals surface area contributed by atoms with E-state index in [9.17, 15) is 4.79 Å². The van der Waals surface area contributed by atoms with Gasteiger partial charge in [-0.05, 0) is 59.3 Å². The summed E-state index contributed by atoms with van der Waals surface area (Å²) in [5.74, 6) is 0.263. The molecule has 21 heavy (non-hydrogen) atoms. The summed E-state index contributed by atoms with van der Waals surface area (Å²) in [7, 11) is 0. The van der Waals surface area contributed by atoms with Gasteiger partial charge in [0.2, 0.25) is 5.91 Å². The number of hydrogen-bond donors (Lipinski definition) is 0. The van der Waals surface area contributed by atoms with Crippen molar-refractivity contribution in [2.24, 2.45) is 0 Å². The summed E-state index contributed by atoms with van der Waals surface area (Å²) >= 11 is 7.60. The minimum absolute atomic E-state index is 0.263. The van der Waals surface area contributed by atoms with E-state index in [0.717, 1.165) is 29.8 Å². The zero-order valence-electron chi connectivity index (χ0n) is 11.8. The predicted molar refractivity (Wildman–Crippen MR) is 87.7 cm³/mol. The Balaban J connectivity index is 1.61. The highest BCUT2D eigenvalue weighted by molar-refractivity contribution is 7.07. The van der Waals surface area contributed by atoms with Crippen molar-refractivity contribution in [1.29, 1.82) is 0 Å². The number of nitrogens with zero attached hydrogens (tertiary/aromatic N) is 1. The van der Waals surface area contributed by atoms with E-state index in [2.05, 4.69) is 16.8 Å². The largest absolute Gasteiger partial charge is 0.335 e. The van der Waals surface area contributed by atoms with Crippen LogP contribution in [0.5, 0.6) is 0 Å². The Bertz CT molecular complexity index is 590. The van der Waals surface area contributed by atoms with E-state index in [0.29, 0.717) is 19.0 Å². The lowest BCUT2D eigenvalue weighted by Gasteiger charge is -2.22. The van der Waals surface area contributed by atoms with Crippen LogP contribution in [0.25, 0.3) is 0 Å². The van der Waals surface area contributed by atoms with Crippen molar-refractivity contribution in [1.82, 2.24) is 4.90 Å². The Morgan fingerprint density at radius 2 is 1.95 bits per heavy atom. The van der Waals surface area contributed by atoms with Gasteiger partial charge in [0.05, 0.1) is 0 Å². The van der Waals surface area contributed by atoms with Gasteiger partial charge in [0.15, 0.2) is 0 Å². The number of carbonyl (C=O) groups is 1. The third kappa shape index (κ3) is 4.08. The molecule has 0 radical (unpaired) electrons. The summed E-state index contributed by atoms with van der Waals surface area (Å²) in [6.07, 6.45) is 3.71. The van der Waals surface area contributed by atoms with Crippen LogP contribution in [-0.2, 0) is 17.8 Å². The molecule has 110 valence electrons. The van der Waals surface area contributed by atoms with Gasteiger partial charge < -0.3 is 4.90 Å². The third-order valence-electron chi connectivity index (χ3n) is 3.78. The quantitative estimate of drug-likeness (QED) is 0.766. The van der Waals surface area contributed by atoms with E-state index >= 15 is 0 Å². The number of rotatable bonds is 6. The molecule has 1 aliphatic rings. The topological polar surface area (TPSA) is 20.3 Å². The standard InChI is InChI=1S/C17H18ClNOS/c18-15-4-1-13(2-5-15)11-19(16-6-7-16)17(20)8-3-14-9-10-21-12-14/h1-2,4-5,9-10,12,16H,3,6-8,11H2. The molecule has 2 aromatic rings. The summed E-state index contributed by atoms with van der Waals surface area (Å²) in [6, 6.07) is 10.3. The van der Waals surface area contributed by atoms with Gasteiger partial charge in [-0.15, -0.1) is 0 Å². The molecule has 1 aromatic heterocycles. The smallest absolute Gasteiger partial charge is 0.223 e. The molecule has 0 unspecified atom stereocenters. The number of thiophene rings is 1. The molecule has 1 saturated carbocycles. The van der Waals surface area contributed by atoms with E-state index in [1.165, 1.54) is 5.56 Å². The lowest BCUT2D eigenvalue weighted by atomic mass is 10.1. The van der Waals surface area contributed by atoms with Crippen LogP contribution in [0.15, 0.2) is 41.1 Å². The molecule has 3 rings (SSSR count). The highest BCUT2D eigenvalue weighted by Gasteiger charge is 2.32. The van der Waals surface area contributed by atoms with Crippen LogP contribution in [-0.4, -0.2) is 16.8 Å².